The highest BCUT2D eigenvalue weighted by molar-refractivity contribution is 6.06. The normalized spacial score (nSPS) is 18.8. The molecule has 0 radical (unpaired) electrons. The first-order valence-electron chi connectivity index (χ1n) is 7.50. The maximum atomic E-state index is 12.5. The Morgan fingerprint density at radius 3 is 2.62 bits per heavy atom. The molecule has 1 unspecified atom stereocenters. The first kappa shape index (κ1) is 19.3. The van der Waals surface area contributed by atoms with E-state index in [2.05, 4.69) is 25.7 Å². The number of halogens is 3. The quantitative estimate of drug-likeness (QED) is 0.732. The molecule has 1 aromatic rings. The summed E-state index contributed by atoms with van der Waals surface area (Å²) in [5.41, 5.74) is -0.637. The fourth-order valence-electron chi connectivity index (χ4n) is 2.37. The van der Waals surface area contributed by atoms with Crippen LogP contribution in [0.1, 0.15) is 18.1 Å². The highest BCUT2D eigenvalue weighted by Gasteiger charge is 2.38. The van der Waals surface area contributed by atoms with Gasteiger partial charge in [0.25, 0.3) is 5.91 Å². The fraction of sp³-hybridized carbons (Fsp3) is 0.312. The molecule has 1 aliphatic rings. The number of nitrogens with one attached hydrogen (secondary N) is 3. The summed E-state index contributed by atoms with van der Waals surface area (Å²) in [6, 6.07) is 4.02. The van der Waals surface area contributed by atoms with Crippen LogP contribution in [0.3, 0.4) is 0 Å². The lowest BCUT2D eigenvalue weighted by atomic mass is 10.1. The molecule has 2 amide bonds. The van der Waals surface area contributed by atoms with Gasteiger partial charge in [-0.25, -0.2) is 0 Å². The Labute approximate surface area is 147 Å². The maximum absolute atomic E-state index is 12.5. The highest BCUT2D eigenvalue weighted by Crippen LogP contribution is 2.25. The minimum Gasteiger partial charge on any atom is -0.406 e. The minimum absolute atomic E-state index is 0.0741. The van der Waals surface area contributed by atoms with Crippen molar-refractivity contribution in [2.75, 3.05) is 0 Å². The second-order valence-electron chi connectivity index (χ2n) is 5.61. The number of hydrogen-bond acceptors (Lipinski definition) is 5. The lowest BCUT2D eigenvalue weighted by molar-refractivity contribution is -0.274. The molecular formula is C16H17F3N4O3. The van der Waals surface area contributed by atoms with E-state index < -0.39 is 23.8 Å². The summed E-state index contributed by atoms with van der Waals surface area (Å²) < 4.78 is 41.0. The Balaban J connectivity index is 2.11. The van der Waals surface area contributed by atoms with Gasteiger partial charge in [0.2, 0.25) is 11.6 Å². The zero-order valence-corrected chi connectivity index (χ0v) is 14.0. The van der Waals surface area contributed by atoms with Gasteiger partial charge in [-0.15, -0.1) is 13.2 Å². The Morgan fingerprint density at radius 1 is 1.31 bits per heavy atom. The molecule has 0 saturated heterocycles. The predicted molar refractivity (Wildman–Crippen MR) is 87.0 cm³/mol. The molecule has 3 N–H and O–H groups in total. The maximum Gasteiger partial charge on any atom is 0.573 e. The molecule has 0 aliphatic carbocycles. The van der Waals surface area contributed by atoms with Gasteiger partial charge in [0, 0.05) is 25.9 Å². The number of amides is 2. The molecule has 140 valence electrons. The third-order valence-corrected chi connectivity index (χ3v) is 3.27. The number of carbonyl (C=O) groups is 2. The lowest BCUT2D eigenvalue weighted by Crippen LogP contribution is -2.67. The third kappa shape index (κ3) is 5.23. The SMILES string of the molecule is CC(=O)NC1(C(=O)NCc2cc(C)cc(OC(F)(F)F)c2)C=NC=CN1. The van der Waals surface area contributed by atoms with Gasteiger partial charge < -0.3 is 20.7 Å². The average molecular weight is 370 g/mol. The molecule has 1 aromatic carbocycles. The fourth-order valence-corrected chi connectivity index (χ4v) is 2.37. The van der Waals surface area contributed by atoms with E-state index in [-0.39, 0.29) is 12.3 Å². The van der Waals surface area contributed by atoms with Gasteiger partial charge in [-0.05, 0) is 30.2 Å². The van der Waals surface area contributed by atoms with E-state index in [1.807, 2.05) is 0 Å². The summed E-state index contributed by atoms with van der Waals surface area (Å²) in [4.78, 5) is 27.7. The Kier molecular flexibility index (Phi) is 5.53. The van der Waals surface area contributed by atoms with Crippen LogP contribution in [-0.2, 0) is 16.1 Å². The van der Waals surface area contributed by atoms with E-state index in [1.165, 1.54) is 37.7 Å². The number of nitrogens with zero attached hydrogens (tertiary/aromatic N) is 1. The molecular weight excluding hydrogens is 353 g/mol. The molecule has 10 heteroatoms. The first-order chi connectivity index (χ1) is 12.1. The Hall–Kier alpha value is -3.04. The van der Waals surface area contributed by atoms with Crippen molar-refractivity contribution in [3.8, 4) is 5.75 Å². The van der Waals surface area contributed by atoms with Gasteiger partial charge in [-0.1, -0.05) is 6.07 Å². The van der Waals surface area contributed by atoms with Crippen molar-refractivity contribution in [1.82, 2.24) is 16.0 Å². The topological polar surface area (TPSA) is 91.8 Å². The number of aliphatic imine (C=N–C) groups is 1. The summed E-state index contributed by atoms with van der Waals surface area (Å²) in [6.07, 6.45) is -0.803. The van der Waals surface area contributed by atoms with Crippen molar-refractivity contribution in [3.05, 3.63) is 41.7 Å². The smallest absolute Gasteiger partial charge is 0.406 e. The summed E-state index contributed by atoms with van der Waals surface area (Å²) in [7, 11) is 0. The number of aryl methyl sites for hydroxylation is 1. The monoisotopic (exact) mass is 370 g/mol. The average Bonchev–Trinajstić information content (AvgIpc) is 2.50. The first-order valence-corrected chi connectivity index (χ1v) is 7.50. The Morgan fingerprint density at radius 2 is 2.04 bits per heavy atom. The third-order valence-electron chi connectivity index (χ3n) is 3.27. The van der Waals surface area contributed by atoms with Crippen molar-refractivity contribution in [2.24, 2.45) is 4.99 Å². The van der Waals surface area contributed by atoms with Gasteiger partial charge in [0.1, 0.15) is 5.75 Å². The number of carbonyl (C=O) groups excluding carboxylic acids is 2. The summed E-state index contributed by atoms with van der Waals surface area (Å²) in [5, 5.41) is 7.71. The summed E-state index contributed by atoms with van der Waals surface area (Å²) in [5.74, 6) is -1.47. The number of alkyl halides is 3. The largest absolute Gasteiger partial charge is 0.573 e. The van der Waals surface area contributed by atoms with Crippen molar-refractivity contribution < 1.29 is 27.5 Å². The second-order valence-corrected chi connectivity index (χ2v) is 5.61. The van der Waals surface area contributed by atoms with Gasteiger partial charge in [-0.3, -0.25) is 14.6 Å². The van der Waals surface area contributed by atoms with Crippen LogP contribution in [0.25, 0.3) is 0 Å². The molecule has 1 atom stereocenters. The molecule has 0 fully saturated rings. The van der Waals surface area contributed by atoms with Crippen molar-refractivity contribution in [3.63, 3.8) is 0 Å². The molecule has 2 rings (SSSR count). The number of hydrogen-bond donors (Lipinski definition) is 3. The van der Waals surface area contributed by atoms with Gasteiger partial charge in [-0.2, -0.15) is 0 Å². The van der Waals surface area contributed by atoms with Crippen LogP contribution < -0.4 is 20.7 Å². The zero-order chi connectivity index (χ0) is 19.4. The van der Waals surface area contributed by atoms with Crippen LogP contribution >= 0.6 is 0 Å². The molecule has 0 bridgehead atoms. The van der Waals surface area contributed by atoms with E-state index in [9.17, 15) is 22.8 Å². The zero-order valence-electron chi connectivity index (χ0n) is 14.0. The van der Waals surface area contributed by atoms with Gasteiger partial charge in [0.05, 0.1) is 6.21 Å². The van der Waals surface area contributed by atoms with Gasteiger partial charge >= 0.3 is 6.36 Å². The van der Waals surface area contributed by atoms with Crippen molar-refractivity contribution in [2.45, 2.75) is 32.4 Å². The number of ether oxygens (including phenoxy) is 1. The number of benzene rings is 1. The molecule has 0 aromatic heterocycles. The van der Waals surface area contributed by atoms with E-state index >= 15 is 0 Å². The molecule has 0 spiro atoms. The van der Waals surface area contributed by atoms with Crippen LogP contribution in [0.2, 0.25) is 0 Å². The predicted octanol–water partition coefficient (Wildman–Crippen LogP) is 1.49. The molecule has 1 heterocycles. The van der Waals surface area contributed by atoms with Gasteiger partial charge in [0.15, 0.2) is 0 Å². The molecule has 26 heavy (non-hydrogen) atoms. The molecule has 1 aliphatic heterocycles. The number of rotatable bonds is 5. The van der Waals surface area contributed by atoms with Crippen LogP contribution in [0.5, 0.6) is 5.75 Å². The Bertz CT molecular complexity index is 762. The molecule has 0 saturated carbocycles. The van der Waals surface area contributed by atoms with E-state index in [0.29, 0.717) is 11.1 Å². The van der Waals surface area contributed by atoms with E-state index in [4.69, 9.17) is 0 Å². The summed E-state index contributed by atoms with van der Waals surface area (Å²) >= 11 is 0. The standard InChI is InChI=1S/C16H17F3N4O3/c1-10-5-12(7-13(6-10)26-16(17,18)19)8-21-14(25)15(23-11(2)24)9-20-3-4-22-15/h3-7,9,22H,8H2,1-2H3,(H,21,25)(H,23,24). The van der Waals surface area contributed by atoms with E-state index in [0.717, 1.165) is 0 Å². The molecule has 7 nitrogen and oxygen atoms in total. The highest BCUT2D eigenvalue weighted by atomic mass is 19.4. The van der Waals surface area contributed by atoms with E-state index in [1.54, 1.807) is 13.0 Å². The van der Waals surface area contributed by atoms with Crippen LogP contribution in [0, 0.1) is 6.92 Å². The second kappa shape index (κ2) is 7.46. The van der Waals surface area contributed by atoms with Crippen molar-refractivity contribution >= 4 is 18.0 Å². The lowest BCUT2D eigenvalue weighted by Gasteiger charge is -2.30. The minimum atomic E-state index is -4.81. The van der Waals surface area contributed by atoms with Crippen LogP contribution in [0.15, 0.2) is 35.6 Å². The van der Waals surface area contributed by atoms with Crippen LogP contribution in [-0.4, -0.2) is 30.1 Å². The summed E-state index contributed by atoms with van der Waals surface area (Å²) in [6.45, 7) is 2.77. The van der Waals surface area contributed by atoms with Crippen molar-refractivity contribution in [1.29, 1.82) is 0 Å². The van der Waals surface area contributed by atoms with Crippen LogP contribution in [0.4, 0.5) is 13.2 Å².